The van der Waals surface area contributed by atoms with Gasteiger partial charge in [0.15, 0.2) is 0 Å². The van der Waals surface area contributed by atoms with E-state index < -0.39 is 0 Å². The monoisotopic (exact) mass is 351 g/mol. The van der Waals surface area contributed by atoms with Crippen molar-refractivity contribution in [1.29, 1.82) is 0 Å². The summed E-state index contributed by atoms with van der Waals surface area (Å²) >= 11 is 0. The summed E-state index contributed by atoms with van der Waals surface area (Å²) in [6.07, 6.45) is 8.47. The van der Waals surface area contributed by atoms with Gasteiger partial charge in [0.2, 0.25) is 0 Å². The van der Waals surface area contributed by atoms with Crippen LogP contribution >= 0.6 is 0 Å². The SMILES string of the molecule is [B]c1ccccc1-c1nc2c3ccccc3ccn2c1NC1CCCCC1. The second-order valence-electron chi connectivity index (χ2n) is 7.47. The van der Waals surface area contributed by atoms with Crippen molar-refractivity contribution in [3.8, 4) is 11.3 Å². The molecule has 2 heterocycles. The topological polar surface area (TPSA) is 29.3 Å². The van der Waals surface area contributed by atoms with Gasteiger partial charge < -0.3 is 5.32 Å². The zero-order valence-electron chi connectivity index (χ0n) is 15.4. The second kappa shape index (κ2) is 6.77. The largest absolute Gasteiger partial charge is 0.367 e. The zero-order valence-corrected chi connectivity index (χ0v) is 15.4. The minimum absolute atomic E-state index is 0.494. The lowest BCUT2D eigenvalue weighted by Gasteiger charge is -2.24. The van der Waals surface area contributed by atoms with E-state index in [1.165, 1.54) is 37.5 Å². The van der Waals surface area contributed by atoms with E-state index in [2.05, 4.69) is 52.3 Å². The lowest BCUT2D eigenvalue weighted by atomic mass is 9.89. The highest BCUT2D eigenvalue weighted by molar-refractivity contribution is 6.36. The van der Waals surface area contributed by atoms with Gasteiger partial charge in [0.25, 0.3) is 0 Å². The van der Waals surface area contributed by atoms with E-state index in [1.807, 2.05) is 18.2 Å². The molecule has 2 aromatic heterocycles. The highest BCUT2D eigenvalue weighted by Crippen LogP contribution is 2.33. The molecule has 1 N–H and O–H groups in total. The van der Waals surface area contributed by atoms with E-state index in [4.69, 9.17) is 12.8 Å². The molecule has 132 valence electrons. The van der Waals surface area contributed by atoms with E-state index in [-0.39, 0.29) is 0 Å². The fourth-order valence-corrected chi connectivity index (χ4v) is 4.25. The maximum atomic E-state index is 6.31. The number of pyridine rings is 1. The quantitative estimate of drug-likeness (QED) is 0.543. The van der Waals surface area contributed by atoms with Crippen molar-refractivity contribution in [3.05, 3.63) is 60.8 Å². The Morgan fingerprint density at radius 3 is 2.56 bits per heavy atom. The van der Waals surface area contributed by atoms with Gasteiger partial charge in [0.1, 0.15) is 25.0 Å². The van der Waals surface area contributed by atoms with Crippen molar-refractivity contribution in [3.63, 3.8) is 0 Å². The van der Waals surface area contributed by atoms with Crippen LogP contribution in [-0.2, 0) is 0 Å². The first-order chi connectivity index (χ1) is 13.3. The number of imidazole rings is 1. The van der Waals surface area contributed by atoms with Gasteiger partial charge in [-0.2, -0.15) is 0 Å². The van der Waals surface area contributed by atoms with Crippen LogP contribution < -0.4 is 10.8 Å². The van der Waals surface area contributed by atoms with Gasteiger partial charge in [-0.3, -0.25) is 4.40 Å². The first kappa shape index (κ1) is 16.4. The zero-order chi connectivity index (χ0) is 18.2. The Labute approximate surface area is 160 Å². The molecule has 27 heavy (non-hydrogen) atoms. The lowest BCUT2D eigenvalue weighted by Crippen LogP contribution is -2.23. The average Bonchev–Trinajstić information content (AvgIpc) is 3.08. The van der Waals surface area contributed by atoms with Gasteiger partial charge >= 0.3 is 0 Å². The predicted molar refractivity (Wildman–Crippen MR) is 114 cm³/mol. The lowest BCUT2D eigenvalue weighted by molar-refractivity contribution is 0.462. The Hall–Kier alpha value is -2.75. The summed E-state index contributed by atoms with van der Waals surface area (Å²) in [5.41, 5.74) is 3.67. The molecule has 0 amide bonds. The van der Waals surface area contributed by atoms with E-state index >= 15 is 0 Å². The molecule has 2 radical (unpaired) electrons. The Morgan fingerprint density at radius 2 is 1.70 bits per heavy atom. The Balaban J connectivity index is 1.74. The molecule has 0 unspecified atom stereocenters. The molecule has 1 aliphatic rings. The molecular formula is C23H22BN3. The summed E-state index contributed by atoms with van der Waals surface area (Å²) in [6.45, 7) is 0. The van der Waals surface area contributed by atoms with Crippen molar-refractivity contribution in [2.24, 2.45) is 0 Å². The molecule has 0 spiro atoms. The van der Waals surface area contributed by atoms with Crippen LogP contribution in [0.15, 0.2) is 60.8 Å². The molecule has 4 heteroatoms. The van der Waals surface area contributed by atoms with Gasteiger partial charge in [-0.15, -0.1) is 0 Å². The molecule has 1 aliphatic carbocycles. The summed E-state index contributed by atoms with van der Waals surface area (Å²) in [6, 6.07) is 19.1. The maximum absolute atomic E-state index is 6.31. The van der Waals surface area contributed by atoms with Gasteiger partial charge in [-0.25, -0.2) is 4.98 Å². The summed E-state index contributed by atoms with van der Waals surface area (Å²) < 4.78 is 2.19. The fraction of sp³-hybridized carbons (Fsp3) is 0.261. The maximum Gasteiger partial charge on any atom is 0.147 e. The molecular weight excluding hydrogens is 329 g/mol. The average molecular weight is 351 g/mol. The summed E-state index contributed by atoms with van der Waals surface area (Å²) in [5, 5.41) is 6.17. The molecule has 1 saturated carbocycles. The number of aromatic nitrogens is 2. The van der Waals surface area contributed by atoms with Crippen LogP contribution in [0.1, 0.15) is 32.1 Å². The number of anilines is 1. The summed E-state index contributed by atoms with van der Waals surface area (Å²) in [7, 11) is 6.31. The Kier molecular flexibility index (Phi) is 4.12. The first-order valence-corrected chi connectivity index (χ1v) is 9.82. The van der Waals surface area contributed by atoms with Crippen molar-refractivity contribution >= 4 is 35.5 Å². The molecule has 2 aromatic carbocycles. The van der Waals surface area contributed by atoms with E-state index in [9.17, 15) is 0 Å². The standard InChI is InChI=1S/C23H22BN3/c24-20-13-7-6-12-19(20)21-23(25-17-9-2-1-3-10-17)27-15-14-16-8-4-5-11-18(16)22(27)26-21/h4-8,11-15,17,25H,1-3,9-10H2. The Bertz CT molecular complexity index is 1110. The van der Waals surface area contributed by atoms with Gasteiger partial charge in [0.05, 0.1) is 0 Å². The number of rotatable bonds is 3. The van der Waals surface area contributed by atoms with E-state index in [1.54, 1.807) is 0 Å². The van der Waals surface area contributed by atoms with Crippen LogP contribution in [0.25, 0.3) is 27.7 Å². The third-order valence-corrected chi connectivity index (χ3v) is 5.68. The van der Waals surface area contributed by atoms with E-state index in [0.717, 1.165) is 33.6 Å². The highest BCUT2D eigenvalue weighted by atomic mass is 15.1. The fourth-order valence-electron chi connectivity index (χ4n) is 4.25. The first-order valence-electron chi connectivity index (χ1n) is 9.82. The number of hydrogen-bond donors (Lipinski definition) is 1. The number of nitrogens with zero attached hydrogens (tertiary/aromatic N) is 2. The molecule has 0 atom stereocenters. The van der Waals surface area contributed by atoms with Crippen LogP contribution in [0.3, 0.4) is 0 Å². The smallest absolute Gasteiger partial charge is 0.147 e. The van der Waals surface area contributed by atoms with Crippen LogP contribution in [-0.4, -0.2) is 23.3 Å². The van der Waals surface area contributed by atoms with Gasteiger partial charge in [0, 0.05) is 17.6 Å². The van der Waals surface area contributed by atoms with Crippen molar-refractivity contribution in [1.82, 2.24) is 9.38 Å². The van der Waals surface area contributed by atoms with Crippen LogP contribution in [0, 0.1) is 0 Å². The molecule has 4 aromatic rings. The van der Waals surface area contributed by atoms with Crippen molar-refractivity contribution in [2.75, 3.05) is 5.32 Å². The number of fused-ring (bicyclic) bond motifs is 3. The van der Waals surface area contributed by atoms with E-state index in [0.29, 0.717) is 6.04 Å². The van der Waals surface area contributed by atoms with Crippen molar-refractivity contribution in [2.45, 2.75) is 38.1 Å². The highest BCUT2D eigenvalue weighted by Gasteiger charge is 2.21. The molecule has 1 fully saturated rings. The molecule has 0 bridgehead atoms. The normalized spacial score (nSPS) is 15.4. The summed E-state index contributed by atoms with van der Waals surface area (Å²) in [4.78, 5) is 5.06. The molecule has 0 saturated heterocycles. The number of nitrogens with one attached hydrogen (secondary N) is 1. The van der Waals surface area contributed by atoms with Gasteiger partial charge in [-0.05, 0) is 29.9 Å². The third kappa shape index (κ3) is 2.89. The minimum atomic E-state index is 0.494. The number of benzene rings is 2. The van der Waals surface area contributed by atoms with Crippen LogP contribution in [0.5, 0.6) is 0 Å². The third-order valence-electron chi connectivity index (χ3n) is 5.68. The molecule has 5 rings (SSSR count). The van der Waals surface area contributed by atoms with Gasteiger partial charge in [-0.1, -0.05) is 73.3 Å². The molecule has 0 aliphatic heterocycles. The number of hydrogen-bond acceptors (Lipinski definition) is 2. The molecule has 3 nitrogen and oxygen atoms in total. The summed E-state index contributed by atoms with van der Waals surface area (Å²) in [5.74, 6) is 1.06. The van der Waals surface area contributed by atoms with Crippen LogP contribution in [0.2, 0.25) is 0 Å². The van der Waals surface area contributed by atoms with Crippen molar-refractivity contribution < 1.29 is 0 Å². The predicted octanol–water partition coefficient (Wildman–Crippen LogP) is 4.69. The Morgan fingerprint density at radius 1 is 0.926 bits per heavy atom. The van der Waals surface area contributed by atoms with Crippen LogP contribution in [0.4, 0.5) is 5.82 Å². The second-order valence-corrected chi connectivity index (χ2v) is 7.47. The minimum Gasteiger partial charge on any atom is -0.367 e.